The van der Waals surface area contributed by atoms with Crippen LogP contribution in [0.5, 0.6) is 0 Å². The van der Waals surface area contributed by atoms with Crippen LogP contribution in [-0.2, 0) is 16.1 Å². The molecule has 1 heterocycles. The number of carbonyl (C=O) groups is 2. The Balaban J connectivity index is 1.90. The van der Waals surface area contributed by atoms with E-state index in [-0.39, 0.29) is 19.0 Å². The van der Waals surface area contributed by atoms with E-state index in [1.165, 1.54) is 12.1 Å². The molecule has 1 aliphatic heterocycles. The molecule has 0 bridgehead atoms. The third-order valence-corrected chi connectivity index (χ3v) is 3.83. The van der Waals surface area contributed by atoms with Crippen LogP contribution in [0.3, 0.4) is 0 Å². The molecule has 1 saturated heterocycles. The van der Waals surface area contributed by atoms with E-state index in [9.17, 15) is 19.1 Å². The predicted octanol–water partition coefficient (Wildman–Crippen LogP) is 1.89. The second-order valence-electron chi connectivity index (χ2n) is 6.28. The fourth-order valence-corrected chi connectivity index (χ4v) is 2.61. The molecule has 0 radical (unpaired) electrons. The second kappa shape index (κ2) is 6.95. The van der Waals surface area contributed by atoms with Crippen LogP contribution >= 0.6 is 0 Å². The van der Waals surface area contributed by atoms with Crippen LogP contribution < -0.4 is 10.6 Å². The van der Waals surface area contributed by atoms with Gasteiger partial charge in [-0.2, -0.15) is 0 Å². The lowest BCUT2D eigenvalue weighted by Gasteiger charge is -2.39. The molecule has 23 heavy (non-hydrogen) atoms. The molecule has 1 fully saturated rings. The molecule has 1 aromatic rings. The number of hydrogen-bond donors (Lipinski definition) is 3. The zero-order chi connectivity index (χ0) is 17.0. The van der Waals surface area contributed by atoms with Gasteiger partial charge in [-0.15, -0.1) is 0 Å². The van der Waals surface area contributed by atoms with E-state index in [4.69, 9.17) is 4.74 Å². The molecular formula is C16H21FN2O4. The summed E-state index contributed by atoms with van der Waals surface area (Å²) in [7, 11) is 0. The summed E-state index contributed by atoms with van der Waals surface area (Å²) in [5.41, 5.74) is 0.0928. The summed E-state index contributed by atoms with van der Waals surface area (Å²) in [4.78, 5) is 23.3. The fourth-order valence-electron chi connectivity index (χ4n) is 2.61. The third-order valence-electron chi connectivity index (χ3n) is 3.83. The lowest BCUT2D eigenvalue weighted by Crippen LogP contribution is -2.55. The van der Waals surface area contributed by atoms with E-state index < -0.39 is 29.6 Å². The Labute approximate surface area is 134 Å². The van der Waals surface area contributed by atoms with Crippen molar-refractivity contribution in [3.63, 3.8) is 0 Å². The largest absolute Gasteiger partial charge is 0.481 e. The van der Waals surface area contributed by atoms with Gasteiger partial charge in [0.1, 0.15) is 5.82 Å². The molecule has 2 unspecified atom stereocenters. The molecule has 0 spiro atoms. The summed E-state index contributed by atoms with van der Waals surface area (Å²) < 4.78 is 18.6. The smallest absolute Gasteiger partial charge is 0.315 e. The Kier molecular flexibility index (Phi) is 5.20. The molecule has 2 rings (SSSR count). The number of rotatable bonds is 4. The molecule has 126 valence electrons. The van der Waals surface area contributed by atoms with Crippen LogP contribution in [0.2, 0.25) is 0 Å². The zero-order valence-electron chi connectivity index (χ0n) is 13.1. The minimum atomic E-state index is -0.961. The third kappa shape index (κ3) is 4.92. The van der Waals surface area contributed by atoms with Crippen molar-refractivity contribution in [3.8, 4) is 0 Å². The van der Waals surface area contributed by atoms with Gasteiger partial charge in [0, 0.05) is 6.54 Å². The highest BCUT2D eigenvalue weighted by atomic mass is 19.1. The second-order valence-corrected chi connectivity index (χ2v) is 6.28. The summed E-state index contributed by atoms with van der Waals surface area (Å²) in [5, 5.41) is 14.5. The van der Waals surface area contributed by atoms with E-state index in [1.807, 2.05) is 13.8 Å². The van der Waals surface area contributed by atoms with Crippen molar-refractivity contribution >= 4 is 12.0 Å². The summed E-state index contributed by atoms with van der Waals surface area (Å²) in [6.45, 7) is 3.93. The van der Waals surface area contributed by atoms with Gasteiger partial charge in [-0.25, -0.2) is 9.18 Å². The Morgan fingerprint density at radius 1 is 1.43 bits per heavy atom. The highest BCUT2D eigenvalue weighted by molar-refractivity contribution is 5.77. The average molecular weight is 324 g/mol. The van der Waals surface area contributed by atoms with Crippen molar-refractivity contribution in [2.75, 3.05) is 6.61 Å². The molecule has 1 aliphatic rings. The first-order valence-electron chi connectivity index (χ1n) is 7.42. The van der Waals surface area contributed by atoms with Crippen molar-refractivity contribution in [2.24, 2.45) is 5.92 Å². The summed E-state index contributed by atoms with van der Waals surface area (Å²) in [6.07, 6.45) is 0.317. The Hall–Kier alpha value is -2.15. The summed E-state index contributed by atoms with van der Waals surface area (Å²) >= 11 is 0. The first-order valence-corrected chi connectivity index (χ1v) is 7.42. The normalized spacial score (nSPS) is 23.1. The Bertz CT molecular complexity index is 591. The van der Waals surface area contributed by atoms with Gasteiger partial charge >= 0.3 is 12.0 Å². The van der Waals surface area contributed by atoms with Crippen LogP contribution in [-0.4, -0.2) is 35.4 Å². The van der Waals surface area contributed by atoms with Crippen LogP contribution in [0.1, 0.15) is 25.8 Å². The van der Waals surface area contributed by atoms with Gasteiger partial charge in [-0.1, -0.05) is 12.1 Å². The average Bonchev–Trinajstić information content (AvgIpc) is 2.47. The van der Waals surface area contributed by atoms with Crippen LogP contribution in [0.15, 0.2) is 24.3 Å². The van der Waals surface area contributed by atoms with E-state index >= 15 is 0 Å². The lowest BCUT2D eigenvalue weighted by molar-refractivity contribution is -0.154. The van der Waals surface area contributed by atoms with Crippen molar-refractivity contribution in [1.82, 2.24) is 10.6 Å². The molecular weight excluding hydrogens is 303 g/mol. The number of hydrogen-bond acceptors (Lipinski definition) is 3. The number of urea groups is 1. The van der Waals surface area contributed by atoms with Gasteiger partial charge < -0.3 is 20.5 Å². The molecule has 6 nitrogen and oxygen atoms in total. The van der Waals surface area contributed by atoms with Crippen LogP contribution in [0.4, 0.5) is 9.18 Å². The zero-order valence-corrected chi connectivity index (χ0v) is 13.1. The van der Waals surface area contributed by atoms with E-state index in [2.05, 4.69) is 10.6 Å². The minimum Gasteiger partial charge on any atom is -0.481 e. The first kappa shape index (κ1) is 17.2. The molecule has 3 N–H and O–H groups in total. The van der Waals surface area contributed by atoms with Crippen LogP contribution in [0.25, 0.3) is 0 Å². The number of halogens is 1. The molecule has 0 saturated carbocycles. The molecule has 7 heteroatoms. The highest BCUT2D eigenvalue weighted by Crippen LogP contribution is 2.29. The van der Waals surface area contributed by atoms with Crippen molar-refractivity contribution in [3.05, 3.63) is 35.6 Å². The summed E-state index contributed by atoms with van der Waals surface area (Å²) in [6, 6.07) is 4.79. The fraction of sp³-hybridized carbons (Fsp3) is 0.500. The predicted molar refractivity (Wildman–Crippen MR) is 81.3 cm³/mol. The van der Waals surface area contributed by atoms with Gasteiger partial charge in [-0.05, 0) is 38.0 Å². The number of benzene rings is 1. The van der Waals surface area contributed by atoms with Gasteiger partial charge in [0.05, 0.1) is 24.2 Å². The Morgan fingerprint density at radius 2 is 2.17 bits per heavy atom. The number of carboxylic acid groups (broad SMARTS) is 1. The number of carbonyl (C=O) groups excluding carboxylic acids is 1. The number of carboxylic acids is 1. The standard InChI is InChI=1S/C16H21FN2O4/c1-16(2)7-12(14(20)21)13(9-23-16)19-15(22)18-8-10-4-3-5-11(17)6-10/h3-6,12-13H,7-9H2,1-2H3,(H,20,21)(H2,18,19,22). The molecule has 2 amide bonds. The number of amides is 2. The van der Waals surface area contributed by atoms with E-state index in [0.29, 0.717) is 12.0 Å². The monoisotopic (exact) mass is 324 g/mol. The number of ether oxygens (including phenoxy) is 1. The molecule has 1 aromatic carbocycles. The first-order chi connectivity index (χ1) is 10.8. The van der Waals surface area contributed by atoms with Crippen LogP contribution in [0, 0.1) is 11.7 Å². The molecule has 0 aromatic heterocycles. The van der Waals surface area contributed by atoms with Gasteiger partial charge in [-0.3, -0.25) is 4.79 Å². The van der Waals surface area contributed by atoms with E-state index in [0.717, 1.165) is 0 Å². The van der Waals surface area contributed by atoms with E-state index in [1.54, 1.807) is 12.1 Å². The SMILES string of the molecule is CC1(C)CC(C(=O)O)C(NC(=O)NCc2cccc(F)c2)CO1. The summed E-state index contributed by atoms with van der Waals surface area (Å²) in [5.74, 6) is -2.05. The number of nitrogens with one attached hydrogen (secondary N) is 2. The minimum absolute atomic E-state index is 0.136. The quantitative estimate of drug-likeness (QED) is 0.789. The van der Waals surface area contributed by atoms with Gasteiger partial charge in [0.25, 0.3) is 0 Å². The highest BCUT2D eigenvalue weighted by Gasteiger charge is 2.40. The van der Waals surface area contributed by atoms with Gasteiger partial charge in [0.15, 0.2) is 0 Å². The Morgan fingerprint density at radius 3 is 2.83 bits per heavy atom. The topological polar surface area (TPSA) is 87.7 Å². The maximum Gasteiger partial charge on any atom is 0.315 e. The maximum absolute atomic E-state index is 13.1. The molecule has 2 atom stereocenters. The lowest BCUT2D eigenvalue weighted by atomic mass is 9.85. The van der Waals surface area contributed by atoms with Gasteiger partial charge in [0.2, 0.25) is 0 Å². The van der Waals surface area contributed by atoms with Crippen molar-refractivity contribution in [1.29, 1.82) is 0 Å². The van der Waals surface area contributed by atoms with Crippen molar-refractivity contribution in [2.45, 2.75) is 38.5 Å². The van der Waals surface area contributed by atoms with Crippen molar-refractivity contribution < 1.29 is 23.8 Å². The number of aliphatic carboxylic acids is 1. The maximum atomic E-state index is 13.1. The molecule has 0 aliphatic carbocycles.